The highest BCUT2D eigenvalue weighted by Crippen LogP contribution is 2.57. The second-order valence-electron chi connectivity index (χ2n) is 23.3. The van der Waals surface area contributed by atoms with Gasteiger partial charge in [0.25, 0.3) is 30.4 Å². The Labute approximate surface area is 465 Å². The number of rotatable bonds is 24. The topological polar surface area (TPSA) is 341 Å². The average molecular weight is 1220 g/mol. The molecule has 0 amide bonds. The van der Waals surface area contributed by atoms with Gasteiger partial charge in [-0.15, -0.1) is 13.0 Å². The lowest BCUT2D eigenvalue weighted by atomic mass is 9.52. The van der Waals surface area contributed by atoms with Gasteiger partial charge in [0.05, 0.1) is 41.0 Å². The van der Waals surface area contributed by atoms with E-state index < -0.39 is 98.5 Å². The van der Waals surface area contributed by atoms with E-state index in [1.807, 2.05) is 6.92 Å². The van der Waals surface area contributed by atoms with Crippen LogP contribution in [0.3, 0.4) is 0 Å². The number of methoxy groups -OCH3 is 1. The molecule has 7 aliphatic carbocycles. The first-order valence-electron chi connectivity index (χ1n) is 27.2. The van der Waals surface area contributed by atoms with Crippen molar-refractivity contribution in [2.24, 2.45) is 52.8 Å². The first kappa shape index (κ1) is 64.2. The molecule has 14 atom stereocenters. The summed E-state index contributed by atoms with van der Waals surface area (Å²) in [6, 6.07) is 0. The van der Waals surface area contributed by atoms with Crippen molar-refractivity contribution in [3.63, 3.8) is 0 Å². The number of Topliss-reactive ketones (excluding diaryl/α,β-unsaturated/α-hetero) is 2. The minimum absolute atomic E-state index is 0.0152. The summed E-state index contributed by atoms with van der Waals surface area (Å²) in [5, 5.41) is 32.0. The van der Waals surface area contributed by atoms with Crippen molar-refractivity contribution in [3.8, 4) is 0 Å². The number of ether oxygens (including phenoxy) is 3. The highest BCUT2D eigenvalue weighted by Gasteiger charge is 2.54. The molecule has 0 bridgehead atoms. The maximum absolute atomic E-state index is 14.2. The van der Waals surface area contributed by atoms with Gasteiger partial charge in [-0.05, 0) is 177 Å². The molecule has 0 heterocycles. The van der Waals surface area contributed by atoms with E-state index in [-0.39, 0.29) is 84.9 Å². The minimum Gasteiger partial charge on any atom is -0.381 e. The van der Waals surface area contributed by atoms with E-state index in [9.17, 15) is 53.8 Å². The Morgan fingerprint density at radius 3 is 1.47 bits per heavy atom. The zero-order chi connectivity index (χ0) is 55.9. The molecule has 23 nitrogen and oxygen atoms in total. The van der Waals surface area contributed by atoms with E-state index in [2.05, 4.69) is 26.4 Å². The third-order valence-corrected chi connectivity index (χ3v) is 25.7. The fourth-order valence-electron chi connectivity index (χ4n) is 15.1. The van der Waals surface area contributed by atoms with Crippen LogP contribution in [-0.4, -0.2) is 135 Å². The van der Waals surface area contributed by atoms with Gasteiger partial charge in [-0.2, -0.15) is 25.3 Å². The summed E-state index contributed by atoms with van der Waals surface area (Å²) in [7, 11) is -12.3. The molecular formula is C48H80O23S6. The number of carbonyl (C=O) groups is 2. The van der Waals surface area contributed by atoms with Crippen molar-refractivity contribution in [3.05, 3.63) is 0 Å². The molecule has 0 aromatic rings. The second-order valence-corrected chi connectivity index (χ2v) is 31.2. The van der Waals surface area contributed by atoms with Crippen molar-refractivity contribution < 1.29 is 107 Å². The van der Waals surface area contributed by atoms with Crippen LogP contribution in [0.1, 0.15) is 162 Å². The van der Waals surface area contributed by atoms with Gasteiger partial charge in [-0.25, -0.2) is 15.8 Å². The van der Waals surface area contributed by atoms with Crippen LogP contribution in [0.15, 0.2) is 0 Å². The number of hydrogen-bond acceptors (Lipinski definition) is 23. The molecule has 0 saturated heterocycles. The van der Waals surface area contributed by atoms with Crippen LogP contribution in [0.25, 0.3) is 0 Å². The first-order chi connectivity index (χ1) is 36.5. The monoisotopic (exact) mass is 1220 g/mol. The number of ketones is 2. The maximum atomic E-state index is 14.2. The predicted molar refractivity (Wildman–Crippen MR) is 281 cm³/mol. The smallest absolute Gasteiger partial charge is 0.270 e. The molecule has 446 valence electrons. The summed E-state index contributed by atoms with van der Waals surface area (Å²) in [6.45, 7) is 4.45. The summed E-state index contributed by atoms with van der Waals surface area (Å²) >= 11 is 2.09. The zero-order valence-corrected chi connectivity index (χ0v) is 48.7. The van der Waals surface area contributed by atoms with Gasteiger partial charge in [-0.3, -0.25) is 23.2 Å². The largest absolute Gasteiger partial charge is 0.381 e. The van der Waals surface area contributed by atoms with E-state index in [0.717, 1.165) is 69.8 Å². The molecule has 7 aliphatic rings. The summed E-state index contributed by atoms with van der Waals surface area (Å²) in [5.41, 5.74) is -0.127. The van der Waals surface area contributed by atoms with E-state index in [1.165, 1.54) is 0 Å². The van der Waals surface area contributed by atoms with Crippen LogP contribution in [0, 0.1) is 52.8 Å². The van der Waals surface area contributed by atoms with E-state index >= 15 is 0 Å². The SMILES string of the molecule is COC1CCC(C(C)(C2CCC(OC3CCC(C(=O)C4CCC(C)C(SOOO)C4)CC3S(=O)(=O)O)CC2)C2CCC(OC3C(SOOO)CC(C(=O)C4CC(SOOO)CC(S(=O)(=O)O)C4)CC3S(=O)(=O)O)CC2)CC1. The fraction of sp³-hybridized carbons (Fsp3) is 0.958. The van der Waals surface area contributed by atoms with Crippen molar-refractivity contribution in [2.45, 2.75) is 224 Å². The van der Waals surface area contributed by atoms with Crippen molar-refractivity contribution in [1.29, 1.82) is 0 Å². The van der Waals surface area contributed by atoms with Gasteiger partial charge in [0.2, 0.25) is 0 Å². The summed E-state index contributed by atoms with van der Waals surface area (Å²) in [4.78, 5) is 28.1. The Bertz CT molecular complexity index is 2240. The molecule has 0 spiro atoms. The molecule has 0 radical (unpaired) electrons. The minimum atomic E-state index is -4.89. The Morgan fingerprint density at radius 1 is 0.481 bits per heavy atom. The maximum Gasteiger partial charge on any atom is 0.270 e. The van der Waals surface area contributed by atoms with Gasteiger partial charge < -0.3 is 14.2 Å². The molecule has 6 N–H and O–H groups in total. The van der Waals surface area contributed by atoms with Gasteiger partial charge in [0.1, 0.15) is 22.1 Å². The third kappa shape index (κ3) is 16.5. The molecular weight excluding hydrogens is 1140 g/mol. The number of carbonyl (C=O) groups excluding carboxylic acids is 2. The van der Waals surface area contributed by atoms with Crippen molar-refractivity contribution >= 4 is 78.0 Å². The summed E-state index contributed by atoms with van der Waals surface area (Å²) in [6.07, 6.45) is 8.97. The molecule has 77 heavy (non-hydrogen) atoms. The highest BCUT2D eigenvalue weighted by atomic mass is 32.2. The molecule has 7 fully saturated rings. The quantitative estimate of drug-likeness (QED) is 0.0227. The van der Waals surface area contributed by atoms with Gasteiger partial charge in [0, 0.05) is 77.4 Å². The van der Waals surface area contributed by atoms with E-state index in [0.29, 0.717) is 87.3 Å². The number of hydrogen-bond donors (Lipinski definition) is 6. The Balaban J connectivity index is 0.996. The van der Waals surface area contributed by atoms with Crippen LogP contribution in [0.4, 0.5) is 0 Å². The lowest BCUT2D eigenvalue weighted by molar-refractivity contribution is -0.432. The zero-order valence-electron chi connectivity index (χ0n) is 43.8. The fourth-order valence-corrected chi connectivity index (χ4v) is 20.8. The third-order valence-electron chi connectivity index (χ3n) is 19.3. The Morgan fingerprint density at radius 2 is 0.935 bits per heavy atom. The van der Waals surface area contributed by atoms with Crippen LogP contribution < -0.4 is 0 Å². The lowest BCUT2D eigenvalue weighted by Crippen LogP contribution is -2.53. The Kier molecular flexibility index (Phi) is 23.7. The molecule has 7 saturated carbocycles. The standard InChI is InChI=1S/C48H80O23S6/c1-27-4-5-28(22-41(27)73-70-67-52)45(49)29-6-19-40(43(24-29)76(57,58)59)64-36-15-9-33(10-16-36)48(2,32-7-13-35(63-3)14-8-32)34-11-17-37(18-12-34)65-47-42(74-71-68-53)23-31(25-44(47)77(60,61)62)46(50)30-20-38(72-69-66-51)26-39(21-30)75(54,55)56/h27-44,47,51-53H,4-26H2,1-3H3,(H,54,55,56)(H,57,58,59)(H,60,61,62). The molecule has 7 rings (SSSR count). The van der Waals surface area contributed by atoms with Crippen LogP contribution in [-0.2, 0) is 82.3 Å². The van der Waals surface area contributed by atoms with Gasteiger partial charge in [-0.1, -0.05) is 29.0 Å². The van der Waals surface area contributed by atoms with Crippen molar-refractivity contribution in [1.82, 2.24) is 0 Å². The average Bonchev–Trinajstić information content (AvgIpc) is 3.41. The molecule has 14 unspecified atom stereocenters. The second kappa shape index (κ2) is 28.5. The molecule has 0 aromatic heterocycles. The van der Waals surface area contributed by atoms with E-state index in [4.69, 9.17) is 33.4 Å². The molecule has 0 aromatic carbocycles. The van der Waals surface area contributed by atoms with Crippen LogP contribution in [0.2, 0.25) is 0 Å². The highest BCUT2D eigenvalue weighted by molar-refractivity contribution is 7.95. The van der Waals surface area contributed by atoms with Gasteiger partial charge >= 0.3 is 0 Å². The molecule has 0 aliphatic heterocycles. The Hall–Kier alpha value is -0.360. The predicted octanol–water partition coefficient (Wildman–Crippen LogP) is 8.75. The lowest BCUT2D eigenvalue weighted by Gasteiger charge is -2.54. The first-order valence-corrected chi connectivity index (χ1v) is 34.1. The van der Waals surface area contributed by atoms with Gasteiger partial charge in [0.15, 0.2) is 0 Å². The summed E-state index contributed by atoms with van der Waals surface area (Å²) < 4.78 is 141. The summed E-state index contributed by atoms with van der Waals surface area (Å²) in [5.74, 6) is -2.25. The normalized spacial score (nSPS) is 39.8. The van der Waals surface area contributed by atoms with Crippen molar-refractivity contribution in [2.75, 3.05) is 7.11 Å². The van der Waals surface area contributed by atoms with Crippen LogP contribution >= 0.6 is 36.1 Å². The van der Waals surface area contributed by atoms with E-state index in [1.54, 1.807) is 7.11 Å². The van der Waals surface area contributed by atoms with Crippen LogP contribution in [0.5, 0.6) is 0 Å². The molecule has 29 heteroatoms.